The molecule has 11 heavy (non-hydrogen) atoms. The molecule has 58 valence electrons. The van der Waals surface area contributed by atoms with Crippen molar-refractivity contribution < 1.29 is 0 Å². The van der Waals surface area contributed by atoms with Gasteiger partial charge in [0.05, 0.1) is 0 Å². The van der Waals surface area contributed by atoms with Crippen LogP contribution in [0.4, 0.5) is 0 Å². The van der Waals surface area contributed by atoms with E-state index in [0.29, 0.717) is 0 Å². The molecular weight excluding hydrogens is 132 g/mol. The Morgan fingerprint density at radius 3 is 2.55 bits per heavy atom. The molecule has 1 aromatic carbocycles. The van der Waals surface area contributed by atoms with Crippen molar-refractivity contribution >= 4 is 0 Å². The summed E-state index contributed by atoms with van der Waals surface area (Å²) in [5, 5.41) is 0. The lowest BCUT2D eigenvalue weighted by molar-refractivity contribution is 1.08. The fraction of sp³-hybridized carbons (Fsp3) is 0.455. The van der Waals surface area contributed by atoms with Gasteiger partial charge in [0.2, 0.25) is 0 Å². The summed E-state index contributed by atoms with van der Waals surface area (Å²) in [5.74, 6) is 0.898. The fourth-order valence-electron chi connectivity index (χ4n) is 1.61. The molecule has 0 spiro atoms. The minimum absolute atomic E-state index is 0.898. The normalized spacial score (nSPS) is 16.9. The quantitative estimate of drug-likeness (QED) is 0.570. The van der Waals surface area contributed by atoms with Crippen molar-refractivity contribution in [2.75, 3.05) is 0 Å². The number of rotatable bonds is 1. The first-order valence-electron chi connectivity index (χ1n) is 4.35. The SMILES string of the molecule is Cc1cccc(C2CC2)c1C. The van der Waals surface area contributed by atoms with Crippen molar-refractivity contribution in [3.63, 3.8) is 0 Å². The van der Waals surface area contributed by atoms with Crippen LogP contribution in [0.15, 0.2) is 18.2 Å². The van der Waals surface area contributed by atoms with Gasteiger partial charge in [-0.05, 0) is 49.3 Å². The second kappa shape index (κ2) is 2.37. The minimum atomic E-state index is 0.898. The molecular formula is C11H14. The average Bonchev–Trinajstić information content (AvgIpc) is 2.77. The Labute approximate surface area is 68.3 Å². The third-order valence-electron chi connectivity index (χ3n) is 2.66. The van der Waals surface area contributed by atoms with Crippen molar-refractivity contribution in [1.29, 1.82) is 0 Å². The van der Waals surface area contributed by atoms with Crippen molar-refractivity contribution in [3.05, 3.63) is 34.9 Å². The molecule has 1 aliphatic rings. The summed E-state index contributed by atoms with van der Waals surface area (Å²) in [4.78, 5) is 0. The Balaban J connectivity index is 2.45. The molecule has 0 amide bonds. The molecule has 0 saturated heterocycles. The van der Waals surface area contributed by atoms with Gasteiger partial charge in [0.25, 0.3) is 0 Å². The largest absolute Gasteiger partial charge is 0.0617 e. The van der Waals surface area contributed by atoms with Gasteiger partial charge in [-0.1, -0.05) is 18.2 Å². The summed E-state index contributed by atoms with van der Waals surface area (Å²) in [6.07, 6.45) is 2.81. The lowest BCUT2D eigenvalue weighted by atomic mass is 10.0. The zero-order valence-electron chi connectivity index (χ0n) is 7.22. The highest BCUT2D eigenvalue weighted by atomic mass is 14.3. The number of hydrogen-bond acceptors (Lipinski definition) is 0. The summed E-state index contributed by atoms with van der Waals surface area (Å²) in [7, 11) is 0. The molecule has 0 heteroatoms. The highest BCUT2D eigenvalue weighted by molar-refractivity contribution is 5.37. The van der Waals surface area contributed by atoms with Gasteiger partial charge in [0, 0.05) is 0 Å². The average molecular weight is 146 g/mol. The van der Waals surface area contributed by atoms with Crippen molar-refractivity contribution in [1.82, 2.24) is 0 Å². The van der Waals surface area contributed by atoms with E-state index in [0.717, 1.165) is 5.92 Å². The predicted octanol–water partition coefficient (Wildman–Crippen LogP) is 3.18. The Morgan fingerprint density at radius 2 is 1.91 bits per heavy atom. The summed E-state index contributed by atoms with van der Waals surface area (Å²) in [6.45, 7) is 4.43. The van der Waals surface area contributed by atoms with Crippen molar-refractivity contribution in [2.45, 2.75) is 32.6 Å². The van der Waals surface area contributed by atoms with Gasteiger partial charge in [0.15, 0.2) is 0 Å². The second-order valence-corrected chi connectivity index (χ2v) is 3.56. The van der Waals surface area contributed by atoms with E-state index in [1.54, 1.807) is 5.56 Å². The molecule has 0 aromatic heterocycles. The standard InChI is InChI=1S/C11H14/c1-8-4-3-5-11(9(8)2)10-6-7-10/h3-5,10H,6-7H2,1-2H3. The van der Waals surface area contributed by atoms with Crippen LogP contribution in [0.5, 0.6) is 0 Å². The molecule has 0 bridgehead atoms. The zero-order valence-corrected chi connectivity index (χ0v) is 7.22. The van der Waals surface area contributed by atoms with Crippen LogP contribution in [0.25, 0.3) is 0 Å². The maximum absolute atomic E-state index is 2.28. The first-order valence-corrected chi connectivity index (χ1v) is 4.35. The van der Waals surface area contributed by atoms with Crippen LogP contribution in [0.3, 0.4) is 0 Å². The van der Waals surface area contributed by atoms with E-state index in [1.165, 1.54) is 24.0 Å². The van der Waals surface area contributed by atoms with Gasteiger partial charge >= 0.3 is 0 Å². The number of hydrogen-bond donors (Lipinski definition) is 0. The first kappa shape index (κ1) is 6.90. The topological polar surface area (TPSA) is 0 Å². The molecule has 0 heterocycles. The van der Waals surface area contributed by atoms with Crippen LogP contribution in [0.2, 0.25) is 0 Å². The Morgan fingerprint density at radius 1 is 1.18 bits per heavy atom. The molecule has 1 aliphatic carbocycles. The number of aryl methyl sites for hydroxylation is 1. The molecule has 0 N–H and O–H groups in total. The summed E-state index contributed by atoms with van der Waals surface area (Å²) < 4.78 is 0. The third kappa shape index (κ3) is 1.18. The fourth-order valence-corrected chi connectivity index (χ4v) is 1.61. The van der Waals surface area contributed by atoms with E-state index in [9.17, 15) is 0 Å². The Hall–Kier alpha value is -0.780. The second-order valence-electron chi connectivity index (χ2n) is 3.56. The molecule has 0 unspecified atom stereocenters. The van der Waals surface area contributed by atoms with Crippen LogP contribution in [0.1, 0.15) is 35.4 Å². The molecule has 0 atom stereocenters. The number of benzene rings is 1. The summed E-state index contributed by atoms with van der Waals surface area (Å²) in [5.41, 5.74) is 4.54. The molecule has 1 saturated carbocycles. The van der Waals surface area contributed by atoms with E-state index in [1.807, 2.05) is 0 Å². The first-order chi connectivity index (χ1) is 5.29. The maximum Gasteiger partial charge on any atom is -0.0159 e. The van der Waals surface area contributed by atoms with Crippen LogP contribution >= 0.6 is 0 Å². The molecule has 1 fully saturated rings. The van der Waals surface area contributed by atoms with E-state index in [-0.39, 0.29) is 0 Å². The Kier molecular flexibility index (Phi) is 1.49. The van der Waals surface area contributed by atoms with Crippen LogP contribution in [-0.2, 0) is 0 Å². The highest BCUT2D eigenvalue weighted by Gasteiger charge is 2.24. The van der Waals surface area contributed by atoms with E-state index >= 15 is 0 Å². The molecule has 0 aliphatic heterocycles. The van der Waals surface area contributed by atoms with Crippen LogP contribution in [0, 0.1) is 13.8 Å². The van der Waals surface area contributed by atoms with Gasteiger partial charge in [-0.15, -0.1) is 0 Å². The van der Waals surface area contributed by atoms with Crippen LogP contribution in [-0.4, -0.2) is 0 Å². The lowest BCUT2D eigenvalue weighted by Gasteiger charge is -2.05. The van der Waals surface area contributed by atoms with Gasteiger partial charge in [-0.3, -0.25) is 0 Å². The van der Waals surface area contributed by atoms with Crippen LogP contribution < -0.4 is 0 Å². The molecule has 1 aromatic rings. The van der Waals surface area contributed by atoms with E-state index < -0.39 is 0 Å². The lowest BCUT2D eigenvalue weighted by Crippen LogP contribution is -1.88. The van der Waals surface area contributed by atoms with Gasteiger partial charge in [-0.2, -0.15) is 0 Å². The van der Waals surface area contributed by atoms with Crippen molar-refractivity contribution in [2.24, 2.45) is 0 Å². The Bertz CT molecular complexity index is 269. The summed E-state index contributed by atoms with van der Waals surface area (Å²) >= 11 is 0. The minimum Gasteiger partial charge on any atom is -0.0617 e. The highest BCUT2D eigenvalue weighted by Crippen LogP contribution is 2.41. The maximum atomic E-state index is 2.28. The van der Waals surface area contributed by atoms with Gasteiger partial charge in [0.1, 0.15) is 0 Å². The predicted molar refractivity (Wildman–Crippen MR) is 47.9 cm³/mol. The summed E-state index contributed by atoms with van der Waals surface area (Å²) in [6, 6.07) is 6.65. The van der Waals surface area contributed by atoms with Crippen molar-refractivity contribution in [3.8, 4) is 0 Å². The molecule has 0 nitrogen and oxygen atoms in total. The smallest absolute Gasteiger partial charge is 0.0159 e. The van der Waals surface area contributed by atoms with E-state index in [4.69, 9.17) is 0 Å². The zero-order chi connectivity index (χ0) is 7.84. The van der Waals surface area contributed by atoms with Gasteiger partial charge in [-0.25, -0.2) is 0 Å². The monoisotopic (exact) mass is 146 g/mol. The van der Waals surface area contributed by atoms with Gasteiger partial charge < -0.3 is 0 Å². The third-order valence-corrected chi connectivity index (χ3v) is 2.66. The molecule has 2 rings (SSSR count). The molecule has 0 radical (unpaired) electrons. The van der Waals surface area contributed by atoms with E-state index in [2.05, 4.69) is 32.0 Å².